The van der Waals surface area contributed by atoms with Crippen LogP contribution in [0.4, 0.5) is 0 Å². The molecule has 2 saturated heterocycles. The number of ether oxygens (including phenoxy) is 2. The number of carbonyl (C=O) groups excluding carboxylic acids is 3. The Labute approximate surface area is 229 Å². The number of morpholine rings is 1. The second-order valence-electron chi connectivity index (χ2n) is 11.2. The number of rotatable bonds is 7. The van der Waals surface area contributed by atoms with E-state index in [1.807, 2.05) is 24.3 Å². The molecule has 1 aromatic heterocycles. The Hall–Kier alpha value is -3.43. The Morgan fingerprint density at radius 1 is 1.10 bits per heavy atom. The van der Waals surface area contributed by atoms with E-state index in [9.17, 15) is 19.5 Å². The molecule has 2 fully saturated rings. The van der Waals surface area contributed by atoms with Gasteiger partial charge in [-0.15, -0.1) is 0 Å². The molecule has 2 aliphatic heterocycles. The van der Waals surface area contributed by atoms with E-state index in [0.717, 1.165) is 24.2 Å². The molecule has 0 radical (unpaired) electrons. The summed E-state index contributed by atoms with van der Waals surface area (Å²) >= 11 is 0. The minimum Gasteiger partial charge on any atom is -0.507 e. The first-order valence-electron chi connectivity index (χ1n) is 13.5. The van der Waals surface area contributed by atoms with Crippen LogP contribution in [0.3, 0.4) is 0 Å². The molecule has 2 N–H and O–H groups in total. The van der Waals surface area contributed by atoms with E-state index in [1.54, 1.807) is 25.7 Å². The zero-order valence-corrected chi connectivity index (χ0v) is 23.7. The van der Waals surface area contributed by atoms with E-state index in [4.69, 9.17) is 9.47 Å². The van der Waals surface area contributed by atoms with Crippen LogP contribution in [0.5, 0.6) is 0 Å². The SMILES string of the molecule is CCOC(=O)c1[nH]c(C)c(C(O)=C2C(=O)C(=O)N(CCN3CCOCC3)C2c2ccc(C(C)(C)C)cc2)c1C. The maximum Gasteiger partial charge on any atom is 0.355 e. The third-order valence-corrected chi connectivity index (χ3v) is 7.55. The smallest absolute Gasteiger partial charge is 0.355 e. The van der Waals surface area contributed by atoms with Crippen molar-refractivity contribution >= 4 is 23.4 Å². The molecule has 0 bridgehead atoms. The number of ketones is 1. The first kappa shape index (κ1) is 28.6. The van der Waals surface area contributed by atoms with Crippen LogP contribution < -0.4 is 0 Å². The fraction of sp³-hybridized carbons (Fsp3) is 0.500. The number of nitrogens with zero attached hydrogens (tertiary/aromatic N) is 2. The van der Waals surface area contributed by atoms with Crippen molar-refractivity contribution in [2.24, 2.45) is 0 Å². The highest BCUT2D eigenvalue weighted by Gasteiger charge is 2.46. The van der Waals surface area contributed by atoms with Crippen LogP contribution in [0.25, 0.3) is 5.76 Å². The minimum atomic E-state index is -0.764. The predicted octanol–water partition coefficient (Wildman–Crippen LogP) is 3.86. The Morgan fingerprint density at radius 2 is 1.74 bits per heavy atom. The fourth-order valence-electron chi connectivity index (χ4n) is 5.34. The van der Waals surface area contributed by atoms with E-state index in [-0.39, 0.29) is 29.0 Å². The number of likely N-dealkylation sites (tertiary alicyclic amines) is 1. The highest BCUT2D eigenvalue weighted by atomic mass is 16.5. The molecular formula is C30H39N3O6. The van der Waals surface area contributed by atoms with E-state index >= 15 is 0 Å². The second-order valence-corrected chi connectivity index (χ2v) is 11.2. The summed E-state index contributed by atoms with van der Waals surface area (Å²) in [5, 5.41) is 11.6. The summed E-state index contributed by atoms with van der Waals surface area (Å²) in [5.74, 6) is -2.23. The molecule has 9 heteroatoms. The lowest BCUT2D eigenvalue weighted by Gasteiger charge is -2.31. The molecule has 0 saturated carbocycles. The Kier molecular flexibility index (Phi) is 8.32. The van der Waals surface area contributed by atoms with Gasteiger partial charge in [-0.05, 0) is 42.9 Å². The van der Waals surface area contributed by atoms with Crippen LogP contribution in [0, 0.1) is 13.8 Å². The number of amides is 1. The molecule has 1 atom stereocenters. The maximum absolute atomic E-state index is 13.5. The number of carbonyl (C=O) groups is 3. The van der Waals surface area contributed by atoms with Gasteiger partial charge < -0.3 is 24.5 Å². The van der Waals surface area contributed by atoms with Gasteiger partial charge in [0.25, 0.3) is 11.7 Å². The molecule has 39 heavy (non-hydrogen) atoms. The summed E-state index contributed by atoms with van der Waals surface area (Å²) in [5.41, 5.74) is 3.32. The van der Waals surface area contributed by atoms with Crippen molar-refractivity contribution in [2.75, 3.05) is 46.0 Å². The molecule has 2 aromatic rings. The number of aliphatic hydroxyl groups excluding tert-OH is 1. The van der Waals surface area contributed by atoms with Crippen LogP contribution >= 0.6 is 0 Å². The van der Waals surface area contributed by atoms with Crippen LogP contribution in [-0.2, 0) is 24.5 Å². The fourth-order valence-corrected chi connectivity index (χ4v) is 5.34. The van der Waals surface area contributed by atoms with Gasteiger partial charge in [0.1, 0.15) is 11.5 Å². The van der Waals surface area contributed by atoms with Gasteiger partial charge >= 0.3 is 5.97 Å². The topological polar surface area (TPSA) is 112 Å². The number of hydrogen-bond acceptors (Lipinski definition) is 7. The zero-order valence-electron chi connectivity index (χ0n) is 23.7. The van der Waals surface area contributed by atoms with Gasteiger partial charge in [0.2, 0.25) is 0 Å². The number of H-pyrrole nitrogens is 1. The van der Waals surface area contributed by atoms with Gasteiger partial charge in [-0.25, -0.2) is 4.79 Å². The maximum atomic E-state index is 13.5. The number of aromatic nitrogens is 1. The normalized spacial score (nSPS) is 20.1. The number of nitrogens with one attached hydrogen (secondary N) is 1. The van der Waals surface area contributed by atoms with Crippen molar-refractivity contribution in [2.45, 2.75) is 53.0 Å². The van der Waals surface area contributed by atoms with Gasteiger partial charge in [-0.2, -0.15) is 0 Å². The predicted molar refractivity (Wildman–Crippen MR) is 148 cm³/mol. The van der Waals surface area contributed by atoms with Crippen molar-refractivity contribution < 1.29 is 29.0 Å². The number of aromatic amines is 1. The third kappa shape index (κ3) is 5.65. The standard InChI is InChI=1S/C30H39N3O6/c1-7-39-29(37)24-18(2)22(19(3)31-24)26(34)23-25(20-8-10-21(11-9-20)30(4,5)6)33(28(36)27(23)35)13-12-32-14-16-38-17-15-32/h8-11,25,31,34H,7,12-17H2,1-6H3. The molecule has 210 valence electrons. The molecule has 0 spiro atoms. The monoisotopic (exact) mass is 537 g/mol. The minimum absolute atomic E-state index is 0.0195. The van der Waals surface area contributed by atoms with Crippen LogP contribution in [0.15, 0.2) is 29.8 Å². The van der Waals surface area contributed by atoms with E-state index < -0.39 is 23.7 Å². The van der Waals surface area contributed by atoms with Crippen molar-refractivity contribution in [3.63, 3.8) is 0 Å². The lowest BCUT2D eigenvalue weighted by atomic mass is 9.85. The molecular weight excluding hydrogens is 498 g/mol. The molecule has 1 aromatic carbocycles. The van der Waals surface area contributed by atoms with E-state index in [1.165, 1.54) is 0 Å². The van der Waals surface area contributed by atoms with E-state index in [2.05, 4.69) is 30.7 Å². The van der Waals surface area contributed by atoms with Gasteiger partial charge in [-0.3, -0.25) is 14.5 Å². The summed E-state index contributed by atoms with van der Waals surface area (Å²) in [7, 11) is 0. The summed E-state index contributed by atoms with van der Waals surface area (Å²) < 4.78 is 10.6. The first-order chi connectivity index (χ1) is 18.5. The second kappa shape index (κ2) is 11.4. The average molecular weight is 538 g/mol. The number of hydrogen-bond donors (Lipinski definition) is 2. The Morgan fingerprint density at radius 3 is 2.33 bits per heavy atom. The molecule has 1 unspecified atom stereocenters. The van der Waals surface area contributed by atoms with Crippen molar-refractivity contribution in [1.29, 1.82) is 0 Å². The van der Waals surface area contributed by atoms with Crippen LogP contribution in [0.2, 0.25) is 0 Å². The quantitative estimate of drug-likeness (QED) is 0.239. The Bertz CT molecular complexity index is 1280. The lowest BCUT2D eigenvalue weighted by Crippen LogP contribution is -2.42. The highest BCUT2D eigenvalue weighted by molar-refractivity contribution is 6.46. The number of aryl methyl sites for hydroxylation is 1. The summed E-state index contributed by atoms with van der Waals surface area (Å²) in [6, 6.07) is 7.09. The summed E-state index contributed by atoms with van der Waals surface area (Å²) in [6.45, 7) is 15.4. The van der Waals surface area contributed by atoms with Crippen LogP contribution in [0.1, 0.15) is 72.2 Å². The first-order valence-corrected chi connectivity index (χ1v) is 13.5. The zero-order chi connectivity index (χ0) is 28.5. The van der Waals surface area contributed by atoms with E-state index in [0.29, 0.717) is 43.1 Å². The van der Waals surface area contributed by atoms with Crippen molar-refractivity contribution in [1.82, 2.24) is 14.8 Å². The number of Topliss-reactive ketones (excluding diaryl/α,β-unsaturated/α-hetero) is 1. The Balaban J connectivity index is 1.80. The summed E-state index contributed by atoms with van der Waals surface area (Å²) in [6.07, 6.45) is 0. The van der Waals surface area contributed by atoms with Gasteiger partial charge in [0, 0.05) is 37.4 Å². The molecule has 2 aliphatic rings. The summed E-state index contributed by atoms with van der Waals surface area (Å²) in [4.78, 5) is 46.2. The van der Waals surface area contributed by atoms with Crippen molar-refractivity contribution in [3.8, 4) is 0 Å². The average Bonchev–Trinajstić information content (AvgIpc) is 3.34. The molecule has 9 nitrogen and oxygen atoms in total. The number of esters is 1. The lowest BCUT2D eigenvalue weighted by molar-refractivity contribution is -0.140. The van der Waals surface area contributed by atoms with Crippen LogP contribution in [-0.4, -0.2) is 83.5 Å². The molecule has 4 rings (SSSR count). The molecule has 1 amide bonds. The number of benzene rings is 1. The van der Waals surface area contributed by atoms with Crippen molar-refractivity contribution in [3.05, 3.63) is 63.5 Å². The van der Waals surface area contributed by atoms with Gasteiger partial charge in [-0.1, -0.05) is 45.0 Å². The molecule has 3 heterocycles. The largest absolute Gasteiger partial charge is 0.507 e. The molecule has 0 aliphatic carbocycles. The number of aliphatic hydroxyl groups is 1. The third-order valence-electron chi connectivity index (χ3n) is 7.55. The van der Waals surface area contributed by atoms with Gasteiger partial charge in [0.15, 0.2) is 0 Å². The highest BCUT2D eigenvalue weighted by Crippen LogP contribution is 2.41. The van der Waals surface area contributed by atoms with Gasteiger partial charge in [0.05, 0.1) is 31.4 Å².